The molecule has 5 aromatic rings. The zero-order valence-corrected chi connectivity index (χ0v) is 27.5. The molecule has 0 saturated carbocycles. The summed E-state index contributed by atoms with van der Waals surface area (Å²) in [6.45, 7) is 16.0. The van der Waals surface area contributed by atoms with Gasteiger partial charge in [0, 0.05) is 52.4 Å². The summed E-state index contributed by atoms with van der Waals surface area (Å²) in [5.74, 6) is -0.266. The number of fused-ring (bicyclic) bond motifs is 2. The van der Waals surface area contributed by atoms with Gasteiger partial charge in [0.05, 0.1) is 36.8 Å². The summed E-state index contributed by atoms with van der Waals surface area (Å²) in [7, 11) is 0. The highest BCUT2D eigenvalue weighted by molar-refractivity contribution is 5.97. The molecule has 0 bridgehead atoms. The topological polar surface area (TPSA) is 106 Å². The second kappa shape index (κ2) is 14.6. The van der Waals surface area contributed by atoms with Crippen LogP contribution in [0.25, 0.3) is 11.0 Å². The number of carbonyl (C=O) groups is 2. The minimum Gasteiger partial charge on any atom is -0.368 e. The van der Waals surface area contributed by atoms with Gasteiger partial charge < -0.3 is 28.6 Å². The molecular formula is C38H42N4O5. The van der Waals surface area contributed by atoms with Gasteiger partial charge in [0.2, 0.25) is 0 Å². The van der Waals surface area contributed by atoms with Crippen molar-refractivity contribution in [2.75, 3.05) is 13.2 Å². The van der Waals surface area contributed by atoms with Crippen molar-refractivity contribution in [2.24, 2.45) is 0 Å². The number of ether oxygens (including phenoxy) is 2. The van der Waals surface area contributed by atoms with Crippen LogP contribution in [0.1, 0.15) is 85.6 Å². The molecule has 9 nitrogen and oxygen atoms in total. The summed E-state index contributed by atoms with van der Waals surface area (Å²) >= 11 is 0. The first-order chi connectivity index (χ1) is 22.7. The van der Waals surface area contributed by atoms with Crippen LogP contribution in [0, 0.1) is 20.8 Å². The van der Waals surface area contributed by atoms with Gasteiger partial charge in [-0.3, -0.25) is 14.4 Å². The molecule has 0 radical (unpaired) electrons. The number of nitrogens with one attached hydrogen (secondary N) is 2. The Kier molecular flexibility index (Phi) is 10.4. The zero-order valence-electron chi connectivity index (χ0n) is 27.5. The van der Waals surface area contributed by atoms with Crippen molar-refractivity contribution < 1.29 is 19.1 Å². The van der Waals surface area contributed by atoms with Gasteiger partial charge in [0.1, 0.15) is 6.29 Å². The summed E-state index contributed by atoms with van der Waals surface area (Å²) in [5, 5.41) is 2.96. The Balaban J connectivity index is 1.34. The molecule has 47 heavy (non-hydrogen) atoms. The number of aryl methyl sites for hydroxylation is 2. The average Bonchev–Trinajstić information content (AvgIpc) is 3.72. The first kappa shape index (κ1) is 33.4. The molecule has 0 fully saturated rings. The fourth-order valence-electron chi connectivity index (χ4n) is 6.35. The molecule has 0 aromatic carbocycles. The summed E-state index contributed by atoms with van der Waals surface area (Å²) < 4.78 is 16.2. The monoisotopic (exact) mass is 634 g/mol. The van der Waals surface area contributed by atoms with Crippen molar-refractivity contribution in [3.8, 4) is 0 Å². The number of aromatic nitrogens is 3. The molecule has 0 spiro atoms. The van der Waals surface area contributed by atoms with Crippen LogP contribution in [0.3, 0.4) is 0 Å². The van der Waals surface area contributed by atoms with E-state index in [1.165, 1.54) is 0 Å². The van der Waals surface area contributed by atoms with Gasteiger partial charge in [-0.2, -0.15) is 0 Å². The maximum absolute atomic E-state index is 13.5. The smallest absolute Gasteiger partial charge is 0.253 e. The number of nitrogens with zero attached hydrogens (tertiary/aromatic N) is 2. The van der Waals surface area contributed by atoms with Crippen LogP contribution in [0.15, 0.2) is 85.0 Å². The van der Waals surface area contributed by atoms with Gasteiger partial charge in [-0.25, -0.2) is 0 Å². The number of aldehydes is 1. The molecule has 0 aliphatic heterocycles. The summed E-state index contributed by atoms with van der Waals surface area (Å²) in [4.78, 5) is 41.6. The first-order valence-corrected chi connectivity index (χ1v) is 15.8. The fraction of sp³-hybridized carbons (Fsp3) is 0.289. The van der Waals surface area contributed by atoms with Crippen LogP contribution in [-0.4, -0.2) is 39.2 Å². The molecule has 5 heterocycles. The quantitative estimate of drug-likeness (QED) is 0.0987. The normalized spacial score (nSPS) is 12.7. The molecular weight excluding hydrogens is 592 g/mol. The molecule has 2 unspecified atom stereocenters. The fourth-order valence-corrected chi connectivity index (χ4v) is 6.35. The van der Waals surface area contributed by atoms with E-state index in [4.69, 9.17) is 9.47 Å². The van der Waals surface area contributed by atoms with Crippen molar-refractivity contribution in [1.29, 1.82) is 0 Å². The van der Waals surface area contributed by atoms with Crippen LogP contribution in [0.4, 0.5) is 0 Å². The molecule has 9 heteroatoms. The lowest BCUT2D eigenvalue weighted by Crippen LogP contribution is -2.29. The van der Waals surface area contributed by atoms with Gasteiger partial charge in [-0.15, -0.1) is 13.2 Å². The van der Waals surface area contributed by atoms with E-state index in [2.05, 4.69) is 23.5 Å². The standard InChI is InChI=1S/C38H42N4O5/c1-7-17-46-27(6)35-26(5)32(21-31-12-10-15-41(31)35)37(44)39-22-33-24(3)19-29(40-38(33)45)13-14-34(47-18-8-2)36-25(4)28(23-43)20-30-11-9-16-42(30)36/h7-12,15-16,19-21,23,27,34H,1-2,13-14,17-18,22H2,3-6H3,(H,39,44)(H,40,45). The Morgan fingerprint density at radius 2 is 1.62 bits per heavy atom. The van der Waals surface area contributed by atoms with Crippen molar-refractivity contribution in [3.05, 3.63) is 141 Å². The number of rotatable bonds is 15. The molecule has 244 valence electrons. The third-order valence-electron chi connectivity index (χ3n) is 8.74. The largest absolute Gasteiger partial charge is 0.368 e. The van der Waals surface area contributed by atoms with Crippen LogP contribution >= 0.6 is 0 Å². The third kappa shape index (κ3) is 6.91. The van der Waals surface area contributed by atoms with Crippen LogP contribution < -0.4 is 10.9 Å². The molecule has 0 aliphatic rings. The van der Waals surface area contributed by atoms with Gasteiger partial charge in [0.15, 0.2) is 0 Å². The highest BCUT2D eigenvalue weighted by atomic mass is 16.5. The van der Waals surface area contributed by atoms with E-state index in [1.807, 2.05) is 91.4 Å². The van der Waals surface area contributed by atoms with Crippen molar-refractivity contribution in [1.82, 2.24) is 19.1 Å². The van der Waals surface area contributed by atoms with Gasteiger partial charge in [-0.05, 0) is 99.7 Å². The number of hydrogen-bond acceptors (Lipinski definition) is 5. The maximum atomic E-state index is 13.5. The Morgan fingerprint density at radius 3 is 2.28 bits per heavy atom. The van der Waals surface area contributed by atoms with Crippen molar-refractivity contribution in [3.63, 3.8) is 0 Å². The van der Waals surface area contributed by atoms with E-state index < -0.39 is 0 Å². The van der Waals surface area contributed by atoms with Crippen LogP contribution in [0.2, 0.25) is 0 Å². The Labute approximate surface area is 274 Å². The highest BCUT2D eigenvalue weighted by Gasteiger charge is 2.22. The van der Waals surface area contributed by atoms with E-state index in [1.54, 1.807) is 12.2 Å². The van der Waals surface area contributed by atoms with Crippen LogP contribution in [-0.2, 0) is 22.4 Å². The SMILES string of the molecule is C=CCOC(C)c1c(C)c(C(=O)NCc2c(C)cc(CCC(OCC=C)c3c(C)c(C=O)cc4cccn34)[nH]c2=O)cc2cccn12. The number of amides is 1. The number of pyridine rings is 3. The van der Waals surface area contributed by atoms with Gasteiger partial charge in [0.25, 0.3) is 11.5 Å². The first-order valence-electron chi connectivity index (χ1n) is 15.8. The van der Waals surface area contributed by atoms with Gasteiger partial charge >= 0.3 is 0 Å². The molecule has 0 aliphatic carbocycles. The Morgan fingerprint density at radius 1 is 0.957 bits per heavy atom. The zero-order chi connectivity index (χ0) is 33.7. The molecule has 1 amide bonds. The number of carbonyl (C=O) groups excluding carboxylic acids is 2. The average molecular weight is 635 g/mol. The van der Waals surface area contributed by atoms with E-state index in [0.29, 0.717) is 42.7 Å². The summed E-state index contributed by atoms with van der Waals surface area (Å²) in [6, 6.07) is 13.4. The second-order valence-corrected chi connectivity index (χ2v) is 11.8. The number of aromatic amines is 1. The minimum atomic E-state index is -0.346. The van der Waals surface area contributed by atoms with Crippen LogP contribution in [0.5, 0.6) is 0 Å². The van der Waals surface area contributed by atoms with E-state index in [9.17, 15) is 14.4 Å². The Hall–Kier alpha value is -4.99. The molecule has 2 N–H and O–H groups in total. The van der Waals surface area contributed by atoms with Crippen molar-refractivity contribution in [2.45, 2.75) is 59.3 Å². The number of H-pyrrole nitrogens is 1. The van der Waals surface area contributed by atoms with E-state index >= 15 is 0 Å². The number of hydrogen-bond donors (Lipinski definition) is 2. The predicted octanol–water partition coefficient (Wildman–Crippen LogP) is 6.69. The summed E-state index contributed by atoms with van der Waals surface area (Å²) in [5.41, 5.74) is 8.17. The lowest BCUT2D eigenvalue weighted by Gasteiger charge is -2.22. The summed E-state index contributed by atoms with van der Waals surface area (Å²) in [6.07, 6.45) is 8.67. The predicted molar refractivity (Wildman–Crippen MR) is 184 cm³/mol. The third-order valence-corrected chi connectivity index (χ3v) is 8.74. The molecule has 5 rings (SSSR count). The highest BCUT2D eigenvalue weighted by Crippen LogP contribution is 2.30. The molecule has 5 aromatic heterocycles. The maximum Gasteiger partial charge on any atom is 0.253 e. The lowest BCUT2D eigenvalue weighted by atomic mass is 9.99. The minimum absolute atomic E-state index is 0.0815. The molecule has 2 atom stereocenters. The Bertz CT molecular complexity index is 2010. The lowest BCUT2D eigenvalue weighted by molar-refractivity contribution is 0.0630. The van der Waals surface area contributed by atoms with E-state index in [-0.39, 0.29) is 30.2 Å². The second-order valence-electron chi connectivity index (χ2n) is 11.8. The van der Waals surface area contributed by atoms with Gasteiger partial charge in [-0.1, -0.05) is 12.2 Å². The van der Waals surface area contributed by atoms with Crippen molar-refractivity contribution >= 4 is 23.2 Å². The van der Waals surface area contributed by atoms with E-state index in [0.717, 1.165) is 51.1 Å². The molecule has 0 saturated heterocycles.